The Balaban J connectivity index is 1.25. The summed E-state index contributed by atoms with van der Waals surface area (Å²) in [6.45, 7) is 19.2. The number of nitrogens with one attached hydrogen (secondary N) is 3. The highest BCUT2D eigenvalue weighted by atomic mass is 19.2. The fourth-order valence-electron chi connectivity index (χ4n) is 7.04. The molecule has 270 valence electrons. The molecule has 3 N–H and O–H groups in total. The Labute approximate surface area is 293 Å². The Morgan fingerprint density at radius 3 is 2.42 bits per heavy atom. The van der Waals surface area contributed by atoms with Crippen LogP contribution in [0.3, 0.4) is 0 Å². The van der Waals surface area contributed by atoms with Crippen molar-refractivity contribution in [1.82, 2.24) is 25.1 Å². The van der Waals surface area contributed by atoms with Crippen molar-refractivity contribution in [1.29, 1.82) is 0 Å². The summed E-state index contributed by atoms with van der Waals surface area (Å²) in [5, 5.41) is 13.3. The number of carbonyl (C=O) groups excluding carboxylic acids is 1. The predicted octanol–water partition coefficient (Wildman–Crippen LogP) is 8.29. The maximum Gasteiger partial charge on any atom is 0.230 e. The minimum Gasteiger partial charge on any atom is -0.493 e. The molecule has 2 aromatic heterocycles. The largest absolute Gasteiger partial charge is 0.493 e. The van der Waals surface area contributed by atoms with Gasteiger partial charge in [0.1, 0.15) is 12.1 Å². The highest BCUT2D eigenvalue weighted by Gasteiger charge is 2.51. The highest BCUT2D eigenvalue weighted by molar-refractivity contribution is 5.93. The first-order valence-corrected chi connectivity index (χ1v) is 17.4. The number of H-pyrrole nitrogens is 1. The van der Waals surface area contributed by atoms with Crippen molar-refractivity contribution >= 4 is 34.1 Å². The van der Waals surface area contributed by atoms with Gasteiger partial charge in [-0.15, -0.1) is 0 Å². The molecule has 1 fully saturated rings. The lowest BCUT2D eigenvalue weighted by Gasteiger charge is -2.59. The Morgan fingerprint density at radius 2 is 1.76 bits per heavy atom. The lowest BCUT2D eigenvalue weighted by molar-refractivity contribution is -0.115. The summed E-state index contributed by atoms with van der Waals surface area (Å²) in [6, 6.07) is 8.93. The summed E-state index contributed by atoms with van der Waals surface area (Å²) in [4.78, 5) is 24.1. The van der Waals surface area contributed by atoms with Crippen LogP contribution >= 0.6 is 0 Å². The molecule has 1 amide bonds. The van der Waals surface area contributed by atoms with E-state index in [-0.39, 0.29) is 28.5 Å². The van der Waals surface area contributed by atoms with Crippen LogP contribution in [0, 0.1) is 28.4 Å². The first-order valence-electron chi connectivity index (χ1n) is 17.4. The molecule has 2 heterocycles. The molecule has 0 aliphatic heterocycles. The summed E-state index contributed by atoms with van der Waals surface area (Å²) in [5.74, 6) is 0.133. The van der Waals surface area contributed by atoms with E-state index in [9.17, 15) is 13.6 Å². The van der Waals surface area contributed by atoms with E-state index >= 15 is 0 Å². The van der Waals surface area contributed by atoms with E-state index in [1.54, 1.807) is 13.2 Å². The number of aromatic nitrogens is 4. The molecule has 2 aromatic carbocycles. The van der Waals surface area contributed by atoms with Gasteiger partial charge < -0.3 is 20.1 Å². The summed E-state index contributed by atoms with van der Waals surface area (Å²) in [6.07, 6.45) is 6.13. The third-order valence-corrected chi connectivity index (χ3v) is 10.5. The molecule has 50 heavy (non-hydrogen) atoms. The van der Waals surface area contributed by atoms with Gasteiger partial charge in [0.15, 0.2) is 29.0 Å². The Kier molecular flexibility index (Phi) is 11.0. The number of amides is 1. The molecule has 0 unspecified atom stereocenters. The topological polar surface area (TPSA) is 117 Å². The van der Waals surface area contributed by atoms with E-state index in [0.717, 1.165) is 31.5 Å². The molecule has 0 bridgehead atoms. The molecular formula is C38H51F2N7O3. The number of halogens is 2. The van der Waals surface area contributed by atoms with Gasteiger partial charge in [0.2, 0.25) is 5.91 Å². The molecule has 1 aliphatic carbocycles. The van der Waals surface area contributed by atoms with Crippen molar-refractivity contribution in [3.05, 3.63) is 60.1 Å². The number of carbonyl (C=O) groups is 1. The zero-order valence-corrected chi connectivity index (χ0v) is 30.5. The Bertz CT molecular complexity index is 1780. The lowest BCUT2D eigenvalue weighted by Crippen LogP contribution is -2.63. The van der Waals surface area contributed by atoms with E-state index in [4.69, 9.17) is 9.47 Å². The molecule has 5 rings (SSSR count). The number of rotatable bonds is 14. The number of benzene rings is 2. The standard InChI is InChI=1S/C38H51F2N7O3/c1-36(2,3)38(7,37(4,5)6)47(22-24-12-9-13-24)16-11-17-50-31-21-29-26(20-30(31)49-8)35(42-23-41-29)44-32-18-25(45-46-32)19-33(48)43-28-15-10-14-27(39)34(28)40/h10,14-15,18,20-21,23-24H,9,11-13,16-17,19,22H2,1-8H3,(H,43,48)(H2,41,42,44,45,46). The van der Waals surface area contributed by atoms with Crippen LogP contribution in [0.25, 0.3) is 10.9 Å². The number of hydrogen-bond donors (Lipinski definition) is 3. The van der Waals surface area contributed by atoms with E-state index in [0.29, 0.717) is 46.3 Å². The maximum atomic E-state index is 14.0. The van der Waals surface area contributed by atoms with Gasteiger partial charge in [-0.3, -0.25) is 14.8 Å². The van der Waals surface area contributed by atoms with Crippen LogP contribution in [0.1, 0.15) is 79.8 Å². The van der Waals surface area contributed by atoms with Gasteiger partial charge in [0.25, 0.3) is 0 Å². The van der Waals surface area contributed by atoms with E-state index < -0.39 is 17.5 Å². The average Bonchev–Trinajstić information content (AvgIpc) is 3.46. The monoisotopic (exact) mass is 691 g/mol. The molecule has 12 heteroatoms. The summed E-state index contributed by atoms with van der Waals surface area (Å²) in [7, 11) is 1.60. The molecule has 0 radical (unpaired) electrons. The van der Waals surface area contributed by atoms with Crippen molar-refractivity contribution in [2.24, 2.45) is 16.7 Å². The van der Waals surface area contributed by atoms with Crippen LogP contribution in [0.4, 0.5) is 26.1 Å². The number of nitrogens with zero attached hydrogens (tertiary/aromatic N) is 4. The zero-order chi connectivity index (χ0) is 36.3. The SMILES string of the molecule is COc1cc2c(Nc3cc(CC(=O)Nc4cccc(F)c4F)[nH]n3)ncnc2cc1OCCCN(CC1CCC1)C(C)(C(C)(C)C)C(C)(C)C. The van der Waals surface area contributed by atoms with E-state index in [2.05, 4.69) is 84.2 Å². The predicted molar refractivity (Wildman–Crippen MR) is 193 cm³/mol. The van der Waals surface area contributed by atoms with Crippen LogP contribution in [0.5, 0.6) is 11.5 Å². The fraction of sp³-hybridized carbons (Fsp3) is 0.526. The fourth-order valence-corrected chi connectivity index (χ4v) is 7.04. The number of hydrogen-bond acceptors (Lipinski definition) is 8. The summed E-state index contributed by atoms with van der Waals surface area (Å²) >= 11 is 0. The highest BCUT2D eigenvalue weighted by Crippen LogP contribution is 2.49. The lowest BCUT2D eigenvalue weighted by atomic mass is 9.59. The van der Waals surface area contributed by atoms with Gasteiger partial charge in [0, 0.05) is 41.8 Å². The molecule has 0 saturated heterocycles. The minimum absolute atomic E-state index is 0.0136. The van der Waals surface area contributed by atoms with Crippen molar-refractivity contribution < 1.29 is 23.0 Å². The average molecular weight is 692 g/mol. The number of aromatic amines is 1. The Hall–Kier alpha value is -4.32. The molecule has 10 nitrogen and oxygen atoms in total. The normalized spacial score (nSPS) is 14.1. The van der Waals surface area contributed by atoms with Gasteiger partial charge in [-0.2, -0.15) is 5.10 Å². The molecular weight excluding hydrogens is 640 g/mol. The van der Waals surface area contributed by atoms with Crippen molar-refractivity contribution in [2.75, 3.05) is 37.4 Å². The number of anilines is 3. The van der Waals surface area contributed by atoms with Crippen molar-refractivity contribution in [3.63, 3.8) is 0 Å². The first kappa shape index (κ1) is 36.9. The molecule has 4 aromatic rings. The van der Waals surface area contributed by atoms with Gasteiger partial charge in [-0.1, -0.05) is 54.0 Å². The maximum absolute atomic E-state index is 14.0. The summed E-state index contributed by atoms with van der Waals surface area (Å²) < 4.78 is 39.6. The van der Waals surface area contributed by atoms with Crippen LogP contribution in [-0.4, -0.2) is 63.3 Å². The second-order valence-corrected chi connectivity index (χ2v) is 15.5. The Morgan fingerprint density at radius 1 is 1.02 bits per heavy atom. The molecule has 1 aliphatic rings. The summed E-state index contributed by atoms with van der Waals surface area (Å²) in [5.41, 5.74) is 1.04. The van der Waals surface area contributed by atoms with Crippen molar-refractivity contribution in [2.45, 2.75) is 86.1 Å². The second-order valence-electron chi connectivity index (χ2n) is 15.5. The van der Waals surface area contributed by atoms with Gasteiger partial charge in [-0.05, 0) is 61.1 Å². The smallest absolute Gasteiger partial charge is 0.230 e. The number of ether oxygens (including phenoxy) is 2. The first-order chi connectivity index (χ1) is 23.6. The molecule has 0 spiro atoms. The minimum atomic E-state index is -1.11. The third kappa shape index (κ3) is 8.01. The number of fused-ring (bicyclic) bond motifs is 1. The molecule has 1 saturated carbocycles. The second kappa shape index (κ2) is 14.9. The van der Waals surface area contributed by atoms with E-state index in [1.807, 2.05) is 12.1 Å². The third-order valence-electron chi connectivity index (χ3n) is 10.5. The van der Waals surface area contributed by atoms with Gasteiger partial charge >= 0.3 is 0 Å². The van der Waals surface area contributed by atoms with Crippen molar-refractivity contribution in [3.8, 4) is 11.5 Å². The molecule has 0 atom stereocenters. The van der Waals surface area contributed by atoms with Crippen LogP contribution in [0.15, 0.2) is 42.7 Å². The van der Waals surface area contributed by atoms with Crippen LogP contribution < -0.4 is 20.1 Å². The van der Waals surface area contributed by atoms with E-state index in [1.165, 1.54) is 37.7 Å². The quantitative estimate of drug-likeness (QED) is 0.113. The van der Waals surface area contributed by atoms with Crippen LogP contribution in [0.2, 0.25) is 0 Å². The number of methoxy groups -OCH3 is 1. The van der Waals surface area contributed by atoms with Gasteiger partial charge in [-0.25, -0.2) is 18.7 Å². The zero-order valence-electron chi connectivity index (χ0n) is 30.5. The van der Waals surface area contributed by atoms with Gasteiger partial charge in [0.05, 0.1) is 31.3 Å². The van der Waals surface area contributed by atoms with Crippen LogP contribution in [-0.2, 0) is 11.2 Å².